The van der Waals surface area contributed by atoms with Crippen LogP contribution in [0.4, 0.5) is 17.1 Å². The molecule has 8 heteroatoms. The summed E-state index contributed by atoms with van der Waals surface area (Å²) in [7, 11) is 0. The zero-order valence-electron chi connectivity index (χ0n) is 18.7. The fourth-order valence-electron chi connectivity index (χ4n) is 3.54. The molecule has 1 heterocycles. The second-order valence-corrected chi connectivity index (χ2v) is 8.76. The van der Waals surface area contributed by atoms with Crippen LogP contribution in [-0.2, 0) is 9.59 Å². The topological polar surface area (TPSA) is 78.5 Å². The number of nitrogens with one attached hydrogen (secondary N) is 2. The van der Waals surface area contributed by atoms with Crippen molar-refractivity contribution in [3.05, 3.63) is 98.7 Å². The molecule has 0 saturated heterocycles. The molecular formula is C26H21Cl2N3O3. The van der Waals surface area contributed by atoms with Crippen molar-refractivity contribution < 1.29 is 14.4 Å². The lowest BCUT2D eigenvalue weighted by Crippen LogP contribution is -2.32. The second-order valence-electron chi connectivity index (χ2n) is 7.97. The van der Waals surface area contributed by atoms with E-state index in [4.69, 9.17) is 23.2 Å². The molecule has 0 atom stereocenters. The van der Waals surface area contributed by atoms with Gasteiger partial charge in [0.15, 0.2) is 0 Å². The molecule has 1 aliphatic rings. The number of amides is 3. The number of carbonyl (C=O) groups is 3. The summed E-state index contributed by atoms with van der Waals surface area (Å²) in [6, 6.07) is 17.2. The Hall–Kier alpha value is -3.61. The van der Waals surface area contributed by atoms with Crippen LogP contribution in [0.2, 0.25) is 5.02 Å². The molecule has 4 rings (SSSR count). The minimum atomic E-state index is -0.635. The Morgan fingerprint density at radius 3 is 2.18 bits per heavy atom. The predicted molar refractivity (Wildman–Crippen MR) is 135 cm³/mol. The molecule has 3 aromatic carbocycles. The summed E-state index contributed by atoms with van der Waals surface area (Å²) >= 11 is 12.4. The number of benzene rings is 3. The third-order valence-electron chi connectivity index (χ3n) is 5.69. The molecule has 0 aromatic heterocycles. The van der Waals surface area contributed by atoms with Crippen LogP contribution in [0, 0.1) is 20.8 Å². The number of hydrogen-bond acceptors (Lipinski definition) is 4. The van der Waals surface area contributed by atoms with E-state index >= 15 is 0 Å². The molecule has 0 radical (unpaired) electrons. The first kappa shape index (κ1) is 23.5. The Balaban J connectivity index is 1.50. The summed E-state index contributed by atoms with van der Waals surface area (Å²) in [6.07, 6.45) is 0. The maximum Gasteiger partial charge on any atom is 0.283 e. The van der Waals surface area contributed by atoms with E-state index in [1.54, 1.807) is 49.4 Å². The Morgan fingerprint density at radius 2 is 1.50 bits per heavy atom. The number of nitrogens with zero attached hydrogens (tertiary/aromatic N) is 1. The van der Waals surface area contributed by atoms with Gasteiger partial charge in [-0.25, -0.2) is 4.90 Å². The number of aryl methyl sites for hydroxylation is 2. The molecule has 0 saturated carbocycles. The summed E-state index contributed by atoms with van der Waals surface area (Å²) in [5, 5.41) is 5.99. The molecule has 0 spiro atoms. The van der Waals surface area contributed by atoms with Gasteiger partial charge in [-0.15, -0.1) is 0 Å². The van der Waals surface area contributed by atoms with E-state index in [9.17, 15) is 14.4 Å². The zero-order chi connectivity index (χ0) is 24.6. The summed E-state index contributed by atoms with van der Waals surface area (Å²) in [5.74, 6) is -1.48. The Morgan fingerprint density at radius 1 is 0.824 bits per heavy atom. The van der Waals surface area contributed by atoms with Crippen LogP contribution >= 0.6 is 23.2 Å². The molecule has 6 nitrogen and oxygen atoms in total. The van der Waals surface area contributed by atoms with E-state index in [0.717, 1.165) is 16.0 Å². The van der Waals surface area contributed by atoms with E-state index in [1.807, 2.05) is 32.0 Å². The fraction of sp³-hybridized carbons (Fsp3) is 0.115. The quantitative estimate of drug-likeness (QED) is 0.430. The highest BCUT2D eigenvalue weighted by molar-refractivity contribution is 6.53. The van der Waals surface area contributed by atoms with Crippen LogP contribution in [0.25, 0.3) is 0 Å². The highest BCUT2D eigenvalue weighted by Gasteiger charge is 2.39. The summed E-state index contributed by atoms with van der Waals surface area (Å²) < 4.78 is 0. The number of halogens is 2. The van der Waals surface area contributed by atoms with Gasteiger partial charge >= 0.3 is 0 Å². The lowest BCUT2D eigenvalue weighted by atomic mass is 10.1. The molecule has 1 aliphatic heterocycles. The Kier molecular flexibility index (Phi) is 6.46. The monoisotopic (exact) mass is 493 g/mol. The number of hydrogen-bond donors (Lipinski definition) is 2. The van der Waals surface area contributed by atoms with E-state index < -0.39 is 11.8 Å². The smallest absolute Gasteiger partial charge is 0.283 e. The average Bonchev–Trinajstić information content (AvgIpc) is 3.02. The van der Waals surface area contributed by atoms with E-state index in [-0.39, 0.29) is 16.6 Å². The molecule has 2 N–H and O–H groups in total. The summed E-state index contributed by atoms with van der Waals surface area (Å²) in [5.41, 5.74) is 4.80. The van der Waals surface area contributed by atoms with Gasteiger partial charge in [0.25, 0.3) is 17.7 Å². The minimum Gasteiger partial charge on any atom is -0.350 e. The van der Waals surface area contributed by atoms with Crippen molar-refractivity contribution in [2.75, 3.05) is 15.5 Å². The third-order valence-corrected chi connectivity index (χ3v) is 6.45. The van der Waals surface area contributed by atoms with Crippen LogP contribution in [-0.4, -0.2) is 17.7 Å². The Bertz CT molecular complexity index is 1360. The number of imide groups is 1. The van der Waals surface area contributed by atoms with Crippen molar-refractivity contribution in [3.63, 3.8) is 0 Å². The first-order valence-electron chi connectivity index (χ1n) is 10.5. The van der Waals surface area contributed by atoms with Crippen LogP contribution < -0.4 is 15.5 Å². The van der Waals surface area contributed by atoms with Gasteiger partial charge in [0, 0.05) is 22.0 Å². The predicted octanol–water partition coefficient (Wildman–Crippen LogP) is 5.95. The third kappa shape index (κ3) is 4.42. The molecular weight excluding hydrogens is 473 g/mol. The normalized spacial score (nSPS) is 13.5. The maximum atomic E-state index is 13.0. The SMILES string of the molecule is Cc1ccc(NC(=O)c2ccc(NC3=C(Cl)C(=O)N(c4cccc(Cl)c4C)C3=O)cc2)cc1C. The number of rotatable bonds is 5. The largest absolute Gasteiger partial charge is 0.350 e. The van der Waals surface area contributed by atoms with E-state index in [0.29, 0.717) is 33.2 Å². The van der Waals surface area contributed by atoms with Crippen LogP contribution in [0.5, 0.6) is 0 Å². The number of anilines is 3. The van der Waals surface area contributed by atoms with Gasteiger partial charge in [-0.1, -0.05) is 35.3 Å². The molecule has 3 aromatic rings. The van der Waals surface area contributed by atoms with Crippen molar-refractivity contribution in [2.24, 2.45) is 0 Å². The zero-order valence-corrected chi connectivity index (χ0v) is 20.2. The number of carbonyl (C=O) groups excluding carboxylic acids is 3. The lowest BCUT2D eigenvalue weighted by molar-refractivity contribution is -0.120. The Labute approximate surface area is 207 Å². The highest BCUT2D eigenvalue weighted by Crippen LogP contribution is 2.34. The molecule has 34 heavy (non-hydrogen) atoms. The van der Waals surface area contributed by atoms with Gasteiger partial charge < -0.3 is 10.6 Å². The van der Waals surface area contributed by atoms with Gasteiger partial charge in [-0.3, -0.25) is 14.4 Å². The van der Waals surface area contributed by atoms with Gasteiger partial charge in [-0.05, 0) is 86.0 Å². The molecule has 0 unspecified atom stereocenters. The average molecular weight is 494 g/mol. The summed E-state index contributed by atoms with van der Waals surface area (Å²) in [6.45, 7) is 5.71. The van der Waals surface area contributed by atoms with Crippen molar-refractivity contribution >= 4 is 58.0 Å². The fourth-order valence-corrected chi connectivity index (χ4v) is 3.92. The first-order valence-corrected chi connectivity index (χ1v) is 11.2. The first-order chi connectivity index (χ1) is 16.2. The van der Waals surface area contributed by atoms with Crippen LogP contribution in [0.15, 0.2) is 71.4 Å². The summed E-state index contributed by atoms with van der Waals surface area (Å²) in [4.78, 5) is 39.3. The van der Waals surface area contributed by atoms with Gasteiger partial charge in [-0.2, -0.15) is 0 Å². The van der Waals surface area contributed by atoms with Crippen molar-refractivity contribution in [2.45, 2.75) is 20.8 Å². The van der Waals surface area contributed by atoms with Crippen molar-refractivity contribution in [1.29, 1.82) is 0 Å². The van der Waals surface area contributed by atoms with Crippen LogP contribution in [0.1, 0.15) is 27.0 Å². The van der Waals surface area contributed by atoms with Crippen LogP contribution in [0.3, 0.4) is 0 Å². The standard InChI is InChI=1S/C26H21Cl2N3O3/c1-14-7-10-19(13-15(14)2)30-24(32)17-8-11-18(12-9-17)29-23-22(28)25(33)31(26(23)34)21-6-4-5-20(27)16(21)3/h4-13,29H,1-3H3,(H,30,32). The van der Waals surface area contributed by atoms with E-state index in [2.05, 4.69) is 10.6 Å². The lowest BCUT2D eigenvalue weighted by Gasteiger charge is -2.18. The van der Waals surface area contributed by atoms with Gasteiger partial charge in [0.2, 0.25) is 0 Å². The minimum absolute atomic E-state index is 0.0432. The van der Waals surface area contributed by atoms with E-state index in [1.165, 1.54) is 0 Å². The van der Waals surface area contributed by atoms with Gasteiger partial charge in [0.1, 0.15) is 10.7 Å². The highest BCUT2D eigenvalue weighted by atomic mass is 35.5. The van der Waals surface area contributed by atoms with Crippen molar-refractivity contribution in [3.8, 4) is 0 Å². The molecule has 0 aliphatic carbocycles. The second kappa shape index (κ2) is 9.33. The van der Waals surface area contributed by atoms with Gasteiger partial charge in [0.05, 0.1) is 5.69 Å². The molecule has 172 valence electrons. The molecule has 3 amide bonds. The molecule has 0 bridgehead atoms. The molecule has 0 fully saturated rings. The van der Waals surface area contributed by atoms with Crippen molar-refractivity contribution in [1.82, 2.24) is 0 Å². The maximum absolute atomic E-state index is 13.0.